The molecular formula is C9H12N2O3. The van der Waals surface area contributed by atoms with Crippen LogP contribution in [0.25, 0.3) is 0 Å². The monoisotopic (exact) mass is 196 g/mol. The van der Waals surface area contributed by atoms with Crippen LogP contribution in [0.1, 0.15) is 5.56 Å². The van der Waals surface area contributed by atoms with Crippen LogP contribution < -0.4 is 10.5 Å². The first-order chi connectivity index (χ1) is 6.68. The van der Waals surface area contributed by atoms with Crippen molar-refractivity contribution < 1.29 is 14.3 Å². The molecule has 1 rings (SSSR count). The van der Waals surface area contributed by atoms with E-state index in [9.17, 15) is 4.79 Å². The second kappa shape index (κ2) is 5.06. The van der Waals surface area contributed by atoms with Crippen LogP contribution in [0.4, 0.5) is 4.79 Å². The van der Waals surface area contributed by atoms with Gasteiger partial charge < -0.3 is 15.2 Å². The minimum atomic E-state index is -0.800. The quantitative estimate of drug-likeness (QED) is 0.725. The Labute approximate surface area is 81.8 Å². The lowest BCUT2D eigenvalue weighted by Gasteiger charge is -2.04. The van der Waals surface area contributed by atoms with Gasteiger partial charge in [-0.25, -0.2) is 9.78 Å². The number of hydrogen-bond donors (Lipinski definition) is 1. The molecule has 76 valence electrons. The molecule has 0 spiro atoms. The minimum absolute atomic E-state index is 0.130. The third kappa shape index (κ3) is 3.75. The predicted octanol–water partition coefficient (Wildman–Crippen LogP) is 0.864. The summed E-state index contributed by atoms with van der Waals surface area (Å²) in [4.78, 5) is 14.2. The van der Waals surface area contributed by atoms with E-state index in [1.807, 2.05) is 13.0 Å². The van der Waals surface area contributed by atoms with E-state index in [2.05, 4.69) is 9.72 Å². The summed E-state index contributed by atoms with van der Waals surface area (Å²) < 4.78 is 9.64. The van der Waals surface area contributed by atoms with Crippen molar-refractivity contribution in [1.29, 1.82) is 0 Å². The Hall–Kier alpha value is -1.78. The third-order valence-electron chi connectivity index (χ3n) is 1.46. The molecule has 0 radical (unpaired) electrons. The summed E-state index contributed by atoms with van der Waals surface area (Å²) in [5, 5.41) is 0. The molecule has 0 unspecified atom stereocenters. The van der Waals surface area contributed by atoms with Gasteiger partial charge in [-0.05, 0) is 12.5 Å². The number of pyridine rings is 1. The molecule has 0 fully saturated rings. The van der Waals surface area contributed by atoms with Crippen molar-refractivity contribution in [2.45, 2.75) is 6.92 Å². The lowest BCUT2D eigenvalue weighted by molar-refractivity contribution is 0.132. The Bertz CT molecular complexity index is 297. The van der Waals surface area contributed by atoms with E-state index in [1.165, 1.54) is 0 Å². The first kappa shape index (κ1) is 10.3. The summed E-state index contributed by atoms with van der Waals surface area (Å²) in [5.41, 5.74) is 5.82. The van der Waals surface area contributed by atoms with E-state index in [1.54, 1.807) is 12.3 Å². The molecule has 1 aromatic heterocycles. The molecule has 0 saturated carbocycles. The number of nitrogens with zero attached hydrogens (tertiary/aromatic N) is 1. The SMILES string of the molecule is Cc1ccc(OCCOC(N)=O)nc1. The highest BCUT2D eigenvalue weighted by Crippen LogP contribution is 2.05. The maximum atomic E-state index is 10.2. The van der Waals surface area contributed by atoms with E-state index in [4.69, 9.17) is 10.5 Å². The van der Waals surface area contributed by atoms with Crippen molar-refractivity contribution in [3.05, 3.63) is 23.9 Å². The summed E-state index contributed by atoms with van der Waals surface area (Å²) in [6, 6.07) is 3.64. The number of carbonyl (C=O) groups is 1. The number of ether oxygens (including phenoxy) is 2. The van der Waals surface area contributed by atoms with Crippen molar-refractivity contribution in [2.24, 2.45) is 5.73 Å². The zero-order chi connectivity index (χ0) is 10.4. The van der Waals surface area contributed by atoms with Gasteiger partial charge in [0.1, 0.15) is 13.2 Å². The van der Waals surface area contributed by atoms with E-state index in [0.29, 0.717) is 5.88 Å². The molecule has 0 aromatic carbocycles. The molecule has 0 aliphatic heterocycles. The average molecular weight is 196 g/mol. The molecule has 1 heterocycles. The molecule has 1 aromatic rings. The van der Waals surface area contributed by atoms with Crippen LogP contribution in [0, 0.1) is 6.92 Å². The number of rotatable bonds is 4. The zero-order valence-corrected chi connectivity index (χ0v) is 7.90. The molecule has 0 bridgehead atoms. The maximum absolute atomic E-state index is 10.2. The fraction of sp³-hybridized carbons (Fsp3) is 0.333. The molecule has 0 aliphatic carbocycles. The molecule has 0 aliphatic rings. The second-order valence-electron chi connectivity index (χ2n) is 2.69. The van der Waals surface area contributed by atoms with Crippen LogP contribution in [0.5, 0.6) is 5.88 Å². The molecule has 1 amide bonds. The highest BCUT2D eigenvalue weighted by Gasteiger charge is 1.96. The molecule has 5 nitrogen and oxygen atoms in total. The first-order valence-corrected chi connectivity index (χ1v) is 4.16. The number of hydrogen-bond acceptors (Lipinski definition) is 4. The summed E-state index contributed by atoms with van der Waals surface area (Å²) in [6.07, 6.45) is 0.898. The average Bonchev–Trinajstić information content (AvgIpc) is 2.15. The molecule has 0 saturated heterocycles. The summed E-state index contributed by atoms with van der Waals surface area (Å²) in [5.74, 6) is 0.503. The van der Waals surface area contributed by atoms with Crippen molar-refractivity contribution in [2.75, 3.05) is 13.2 Å². The summed E-state index contributed by atoms with van der Waals surface area (Å²) >= 11 is 0. The molecular weight excluding hydrogens is 184 g/mol. The highest BCUT2D eigenvalue weighted by atomic mass is 16.6. The Morgan fingerprint density at radius 1 is 1.50 bits per heavy atom. The van der Waals surface area contributed by atoms with Crippen LogP contribution >= 0.6 is 0 Å². The van der Waals surface area contributed by atoms with E-state index >= 15 is 0 Å². The van der Waals surface area contributed by atoms with Crippen LogP contribution in [0.3, 0.4) is 0 Å². The fourth-order valence-electron chi connectivity index (χ4n) is 0.828. The van der Waals surface area contributed by atoms with Crippen molar-refractivity contribution in [1.82, 2.24) is 4.98 Å². The highest BCUT2D eigenvalue weighted by molar-refractivity contribution is 5.64. The van der Waals surface area contributed by atoms with Gasteiger partial charge in [0.2, 0.25) is 5.88 Å². The van der Waals surface area contributed by atoms with Gasteiger partial charge in [-0.1, -0.05) is 6.07 Å². The normalized spacial score (nSPS) is 9.50. The Balaban J connectivity index is 2.25. The lowest BCUT2D eigenvalue weighted by Crippen LogP contribution is -2.17. The lowest BCUT2D eigenvalue weighted by atomic mass is 10.3. The van der Waals surface area contributed by atoms with E-state index in [0.717, 1.165) is 5.56 Å². The third-order valence-corrected chi connectivity index (χ3v) is 1.46. The number of aromatic nitrogens is 1. The number of amides is 1. The van der Waals surface area contributed by atoms with E-state index in [-0.39, 0.29) is 13.2 Å². The molecule has 5 heteroatoms. The van der Waals surface area contributed by atoms with Crippen molar-refractivity contribution in [3.8, 4) is 5.88 Å². The summed E-state index contributed by atoms with van der Waals surface area (Å²) in [7, 11) is 0. The second-order valence-corrected chi connectivity index (χ2v) is 2.69. The molecule has 0 atom stereocenters. The molecule has 2 N–H and O–H groups in total. The van der Waals surface area contributed by atoms with Gasteiger partial charge in [0.25, 0.3) is 0 Å². The predicted molar refractivity (Wildman–Crippen MR) is 50.0 cm³/mol. The Morgan fingerprint density at radius 3 is 2.86 bits per heavy atom. The van der Waals surface area contributed by atoms with Gasteiger partial charge in [-0.15, -0.1) is 0 Å². The van der Waals surface area contributed by atoms with Crippen LogP contribution in [0.15, 0.2) is 18.3 Å². The largest absolute Gasteiger partial charge is 0.474 e. The minimum Gasteiger partial charge on any atom is -0.474 e. The number of nitrogens with two attached hydrogens (primary N) is 1. The van der Waals surface area contributed by atoms with Gasteiger partial charge in [-0.3, -0.25) is 0 Å². The number of primary amides is 1. The topological polar surface area (TPSA) is 74.4 Å². The van der Waals surface area contributed by atoms with Gasteiger partial charge in [-0.2, -0.15) is 0 Å². The first-order valence-electron chi connectivity index (χ1n) is 4.16. The standard InChI is InChI=1S/C9H12N2O3/c1-7-2-3-8(11-6-7)13-4-5-14-9(10)12/h2-3,6H,4-5H2,1H3,(H2,10,12). The Kier molecular flexibility index (Phi) is 3.72. The molecule has 14 heavy (non-hydrogen) atoms. The number of carbonyl (C=O) groups excluding carboxylic acids is 1. The van der Waals surface area contributed by atoms with E-state index < -0.39 is 6.09 Å². The van der Waals surface area contributed by atoms with Crippen LogP contribution in [-0.4, -0.2) is 24.3 Å². The van der Waals surface area contributed by atoms with Gasteiger partial charge in [0.05, 0.1) is 0 Å². The van der Waals surface area contributed by atoms with Gasteiger partial charge >= 0.3 is 6.09 Å². The summed E-state index contributed by atoms with van der Waals surface area (Å²) in [6.45, 7) is 2.32. The van der Waals surface area contributed by atoms with Gasteiger partial charge in [0, 0.05) is 12.3 Å². The Morgan fingerprint density at radius 2 is 2.29 bits per heavy atom. The fourth-order valence-corrected chi connectivity index (χ4v) is 0.828. The van der Waals surface area contributed by atoms with Crippen molar-refractivity contribution >= 4 is 6.09 Å². The smallest absolute Gasteiger partial charge is 0.404 e. The van der Waals surface area contributed by atoms with Crippen LogP contribution in [-0.2, 0) is 4.74 Å². The maximum Gasteiger partial charge on any atom is 0.404 e. The number of aryl methyl sites for hydroxylation is 1. The van der Waals surface area contributed by atoms with Crippen LogP contribution in [0.2, 0.25) is 0 Å². The van der Waals surface area contributed by atoms with Crippen molar-refractivity contribution in [3.63, 3.8) is 0 Å². The zero-order valence-electron chi connectivity index (χ0n) is 7.90. The van der Waals surface area contributed by atoms with Gasteiger partial charge in [0.15, 0.2) is 0 Å².